The Morgan fingerprint density at radius 2 is 1.95 bits per heavy atom. The largest absolute Gasteiger partial charge is 0.484 e. The summed E-state index contributed by atoms with van der Waals surface area (Å²) in [6.45, 7) is 11.9. The minimum atomic E-state index is -0.0721. The first-order chi connectivity index (χ1) is 9.56. The lowest BCUT2D eigenvalue weighted by atomic mass is 10.1. The van der Waals surface area contributed by atoms with Gasteiger partial charge in [-0.25, -0.2) is 0 Å². The third-order valence-corrected chi connectivity index (χ3v) is 3.33. The lowest BCUT2D eigenvalue weighted by Crippen LogP contribution is -2.36. The minimum absolute atomic E-state index is 0.0716. The molecular formula is C16H26N2O2. The van der Waals surface area contributed by atoms with E-state index >= 15 is 0 Å². The molecule has 0 atom stereocenters. The summed E-state index contributed by atoms with van der Waals surface area (Å²) >= 11 is 0. The van der Waals surface area contributed by atoms with E-state index in [9.17, 15) is 4.79 Å². The Kier molecular flexibility index (Phi) is 7.09. The molecule has 0 heterocycles. The lowest BCUT2D eigenvalue weighted by Gasteiger charge is -2.18. The number of carbonyl (C=O) groups excluding carboxylic acids is 1. The van der Waals surface area contributed by atoms with Crippen molar-refractivity contribution in [3.63, 3.8) is 0 Å². The standard InChI is InChI=1S/C16H26N2O2/c1-5-18(6-2)10-9-17-16(19)12-20-15-8-7-13(3)11-14(15)4/h7-8,11H,5-6,9-10,12H2,1-4H3,(H,17,19). The van der Waals surface area contributed by atoms with Gasteiger partial charge in [-0.05, 0) is 38.6 Å². The predicted octanol–water partition coefficient (Wildman–Crippen LogP) is 2.14. The number of aryl methyl sites for hydroxylation is 2. The monoisotopic (exact) mass is 278 g/mol. The number of benzene rings is 1. The molecule has 112 valence electrons. The summed E-state index contributed by atoms with van der Waals surface area (Å²) in [6.07, 6.45) is 0. The molecule has 0 aromatic heterocycles. The Labute approximate surface area is 122 Å². The van der Waals surface area contributed by atoms with Crippen LogP contribution in [0.25, 0.3) is 0 Å². The molecule has 0 fully saturated rings. The highest BCUT2D eigenvalue weighted by Gasteiger charge is 2.05. The van der Waals surface area contributed by atoms with Crippen LogP contribution in [0.1, 0.15) is 25.0 Å². The van der Waals surface area contributed by atoms with Crippen LogP contribution in [-0.4, -0.2) is 43.6 Å². The van der Waals surface area contributed by atoms with E-state index < -0.39 is 0 Å². The molecule has 0 saturated heterocycles. The molecule has 0 spiro atoms. The van der Waals surface area contributed by atoms with E-state index in [-0.39, 0.29) is 12.5 Å². The van der Waals surface area contributed by atoms with Gasteiger partial charge in [-0.1, -0.05) is 31.5 Å². The molecule has 1 amide bonds. The predicted molar refractivity (Wildman–Crippen MR) is 82.2 cm³/mol. The summed E-state index contributed by atoms with van der Waals surface area (Å²) < 4.78 is 5.54. The summed E-state index contributed by atoms with van der Waals surface area (Å²) in [5.41, 5.74) is 2.25. The summed E-state index contributed by atoms with van der Waals surface area (Å²) in [5.74, 6) is 0.701. The zero-order valence-corrected chi connectivity index (χ0v) is 13.0. The lowest BCUT2D eigenvalue weighted by molar-refractivity contribution is -0.123. The van der Waals surface area contributed by atoms with Gasteiger partial charge in [0, 0.05) is 13.1 Å². The molecule has 1 rings (SSSR count). The van der Waals surface area contributed by atoms with Crippen LogP contribution < -0.4 is 10.1 Å². The van der Waals surface area contributed by atoms with Crippen LogP contribution >= 0.6 is 0 Å². The molecule has 0 aliphatic heterocycles. The number of carbonyl (C=O) groups is 1. The Balaban J connectivity index is 2.29. The van der Waals surface area contributed by atoms with Gasteiger partial charge < -0.3 is 15.0 Å². The SMILES string of the molecule is CCN(CC)CCNC(=O)COc1ccc(C)cc1C. The zero-order chi connectivity index (χ0) is 15.0. The molecule has 4 nitrogen and oxygen atoms in total. The average Bonchev–Trinajstić information content (AvgIpc) is 2.42. The van der Waals surface area contributed by atoms with E-state index in [4.69, 9.17) is 4.74 Å². The maximum atomic E-state index is 11.7. The zero-order valence-electron chi connectivity index (χ0n) is 13.0. The molecule has 0 aliphatic rings. The number of nitrogens with zero attached hydrogens (tertiary/aromatic N) is 1. The number of rotatable bonds is 8. The van der Waals surface area contributed by atoms with Crippen molar-refractivity contribution in [1.82, 2.24) is 10.2 Å². The van der Waals surface area contributed by atoms with Gasteiger partial charge in [0.15, 0.2) is 6.61 Å². The van der Waals surface area contributed by atoms with Crippen LogP contribution in [0.3, 0.4) is 0 Å². The first-order valence-electron chi connectivity index (χ1n) is 7.25. The van der Waals surface area contributed by atoms with E-state index in [1.807, 2.05) is 32.0 Å². The molecule has 0 aliphatic carbocycles. The maximum absolute atomic E-state index is 11.7. The van der Waals surface area contributed by atoms with Crippen molar-refractivity contribution in [3.05, 3.63) is 29.3 Å². The van der Waals surface area contributed by atoms with E-state index in [2.05, 4.69) is 24.1 Å². The topological polar surface area (TPSA) is 41.6 Å². The van der Waals surface area contributed by atoms with E-state index in [1.165, 1.54) is 5.56 Å². The summed E-state index contributed by atoms with van der Waals surface area (Å²) in [6, 6.07) is 5.95. The van der Waals surface area contributed by atoms with Crippen LogP contribution in [0, 0.1) is 13.8 Å². The van der Waals surface area contributed by atoms with Crippen molar-refractivity contribution in [1.29, 1.82) is 0 Å². The normalized spacial score (nSPS) is 10.7. The highest BCUT2D eigenvalue weighted by Crippen LogP contribution is 2.18. The summed E-state index contributed by atoms with van der Waals surface area (Å²) in [5, 5.41) is 2.88. The fourth-order valence-corrected chi connectivity index (χ4v) is 2.05. The van der Waals surface area contributed by atoms with Gasteiger partial charge in [0.1, 0.15) is 5.75 Å². The average molecular weight is 278 g/mol. The summed E-state index contributed by atoms with van der Waals surface area (Å²) in [7, 11) is 0. The van der Waals surface area contributed by atoms with Crippen molar-refractivity contribution in [2.75, 3.05) is 32.8 Å². The van der Waals surface area contributed by atoms with Crippen LogP contribution in [-0.2, 0) is 4.79 Å². The third-order valence-electron chi connectivity index (χ3n) is 3.33. The molecule has 0 radical (unpaired) electrons. The van der Waals surface area contributed by atoms with Crippen molar-refractivity contribution >= 4 is 5.91 Å². The van der Waals surface area contributed by atoms with Crippen LogP contribution in [0.15, 0.2) is 18.2 Å². The number of ether oxygens (including phenoxy) is 1. The second-order valence-corrected chi connectivity index (χ2v) is 4.93. The minimum Gasteiger partial charge on any atom is -0.484 e. The van der Waals surface area contributed by atoms with E-state index in [1.54, 1.807) is 0 Å². The second kappa shape index (κ2) is 8.59. The Hall–Kier alpha value is -1.55. The smallest absolute Gasteiger partial charge is 0.257 e. The molecule has 0 unspecified atom stereocenters. The first kappa shape index (κ1) is 16.5. The number of nitrogens with one attached hydrogen (secondary N) is 1. The molecule has 4 heteroatoms. The maximum Gasteiger partial charge on any atom is 0.257 e. The molecule has 0 saturated carbocycles. The Bertz CT molecular complexity index is 428. The second-order valence-electron chi connectivity index (χ2n) is 4.93. The van der Waals surface area contributed by atoms with Gasteiger partial charge in [0.05, 0.1) is 0 Å². The van der Waals surface area contributed by atoms with Crippen LogP contribution in [0.5, 0.6) is 5.75 Å². The molecule has 1 N–H and O–H groups in total. The molecule has 20 heavy (non-hydrogen) atoms. The number of hydrogen-bond donors (Lipinski definition) is 1. The molecular weight excluding hydrogens is 252 g/mol. The number of amides is 1. The molecule has 1 aromatic carbocycles. The Morgan fingerprint density at radius 3 is 2.55 bits per heavy atom. The Morgan fingerprint density at radius 1 is 1.25 bits per heavy atom. The van der Waals surface area contributed by atoms with Crippen LogP contribution in [0.2, 0.25) is 0 Å². The van der Waals surface area contributed by atoms with Crippen LogP contribution in [0.4, 0.5) is 0 Å². The highest BCUT2D eigenvalue weighted by molar-refractivity contribution is 5.77. The van der Waals surface area contributed by atoms with E-state index in [0.29, 0.717) is 6.54 Å². The molecule has 1 aromatic rings. The fraction of sp³-hybridized carbons (Fsp3) is 0.562. The van der Waals surface area contributed by atoms with Crippen molar-refractivity contribution in [3.8, 4) is 5.75 Å². The van der Waals surface area contributed by atoms with Crippen molar-refractivity contribution in [2.24, 2.45) is 0 Å². The summed E-state index contributed by atoms with van der Waals surface area (Å²) in [4.78, 5) is 14.0. The van der Waals surface area contributed by atoms with E-state index in [0.717, 1.165) is 30.9 Å². The quantitative estimate of drug-likeness (QED) is 0.792. The van der Waals surface area contributed by atoms with Gasteiger partial charge in [-0.15, -0.1) is 0 Å². The molecule has 0 bridgehead atoms. The van der Waals surface area contributed by atoms with Gasteiger partial charge in [-0.3, -0.25) is 4.79 Å². The van der Waals surface area contributed by atoms with Gasteiger partial charge >= 0.3 is 0 Å². The fourth-order valence-electron chi connectivity index (χ4n) is 2.05. The van der Waals surface area contributed by atoms with Crippen molar-refractivity contribution in [2.45, 2.75) is 27.7 Å². The van der Waals surface area contributed by atoms with Crippen molar-refractivity contribution < 1.29 is 9.53 Å². The number of likely N-dealkylation sites (N-methyl/N-ethyl adjacent to an activating group) is 1. The van der Waals surface area contributed by atoms with Gasteiger partial charge in [0.2, 0.25) is 0 Å². The third kappa shape index (κ3) is 5.61. The van der Waals surface area contributed by atoms with Gasteiger partial charge in [-0.2, -0.15) is 0 Å². The number of hydrogen-bond acceptors (Lipinski definition) is 3. The highest BCUT2D eigenvalue weighted by atomic mass is 16.5. The first-order valence-corrected chi connectivity index (χ1v) is 7.25. The van der Waals surface area contributed by atoms with Gasteiger partial charge in [0.25, 0.3) is 5.91 Å².